The molecule has 0 aromatic heterocycles. The standard InChI is InChI=1S/C17H24N2O4/c1-2-3-14(17(21)22)12-18-16(20)13-4-6-15(7-5-13)19-8-10-23-11-9-19/h4-7,14H,2-3,8-12H2,1H3,(H,18,20)(H,21,22). The van der Waals surface area contributed by atoms with Crippen molar-refractivity contribution in [3.63, 3.8) is 0 Å². The van der Waals surface area contributed by atoms with Gasteiger partial charge in [-0.15, -0.1) is 0 Å². The zero-order chi connectivity index (χ0) is 16.7. The highest BCUT2D eigenvalue weighted by Crippen LogP contribution is 2.16. The van der Waals surface area contributed by atoms with Gasteiger partial charge in [0.25, 0.3) is 5.91 Å². The van der Waals surface area contributed by atoms with Gasteiger partial charge in [0, 0.05) is 30.9 Å². The van der Waals surface area contributed by atoms with E-state index in [1.54, 1.807) is 12.1 Å². The number of benzene rings is 1. The zero-order valence-corrected chi connectivity index (χ0v) is 13.5. The van der Waals surface area contributed by atoms with Gasteiger partial charge in [-0.2, -0.15) is 0 Å². The van der Waals surface area contributed by atoms with Gasteiger partial charge in [0.1, 0.15) is 0 Å². The quantitative estimate of drug-likeness (QED) is 0.800. The number of nitrogens with one attached hydrogen (secondary N) is 1. The van der Waals surface area contributed by atoms with Crippen LogP contribution in [0, 0.1) is 5.92 Å². The molecule has 0 spiro atoms. The largest absolute Gasteiger partial charge is 0.481 e. The second-order valence-corrected chi connectivity index (χ2v) is 5.68. The van der Waals surface area contributed by atoms with Gasteiger partial charge in [-0.3, -0.25) is 9.59 Å². The van der Waals surface area contributed by atoms with Crippen molar-refractivity contribution >= 4 is 17.6 Å². The molecule has 1 aliphatic heterocycles. The van der Waals surface area contributed by atoms with Gasteiger partial charge in [-0.05, 0) is 30.7 Å². The van der Waals surface area contributed by atoms with E-state index in [-0.39, 0.29) is 12.5 Å². The molecule has 0 saturated carbocycles. The van der Waals surface area contributed by atoms with E-state index in [2.05, 4.69) is 10.2 Å². The first-order valence-electron chi connectivity index (χ1n) is 8.05. The summed E-state index contributed by atoms with van der Waals surface area (Å²) in [4.78, 5) is 25.4. The number of hydrogen-bond acceptors (Lipinski definition) is 4. The molecular formula is C17H24N2O4. The van der Waals surface area contributed by atoms with E-state index in [0.29, 0.717) is 12.0 Å². The van der Waals surface area contributed by atoms with E-state index < -0.39 is 11.9 Å². The van der Waals surface area contributed by atoms with Gasteiger partial charge in [-0.25, -0.2) is 0 Å². The molecule has 0 bridgehead atoms. The van der Waals surface area contributed by atoms with Crippen molar-refractivity contribution < 1.29 is 19.4 Å². The molecule has 1 saturated heterocycles. The third-order valence-electron chi connectivity index (χ3n) is 4.00. The second-order valence-electron chi connectivity index (χ2n) is 5.68. The Hall–Kier alpha value is -2.08. The fourth-order valence-electron chi connectivity index (χ4n) is 2.62. The van der Waals surface area contributed by atoms with Crippen LogP contribution >= 0.6 is 0 Å². The van der Waals surface area contributed by atoms with Crippen LogP contribution in [0.5, 0.6) is 0 Å². The lowest BCUT2D eigenvalue weighted by atomic mass is 10.0. The van der Waals surface area contributed by atoms with Gasteiger partial charge in [-0.1, -0.05) is 13.3 Å². The first-order valence-corrected chi connectivity index (χ1v) is 8.05. The minimum Gasteiger partial charge on any atom is -0.481 e. The van der Waals surface area contributed by atoms with E-state index >= 15 is 0 Å². The molecule has 1 unspecified atom stereocenters. The number of amides is 1. The first kappa shape index (κ1) is 17.3. The molecule has 1 aromatic rings. The van der Waals surface area contributed by atoms with Gasteiger partial charge < -0.3 is 20.1 Å². The maximum atomic E-state index is 12.1. The number of ether oxygens (including phenoxy) is 1. The highest BCUT2D eigenvalue weighted by Gasteiger charge is 2.18. The summed E-state index contributed by atoms with van der Waals surface area (Å²) in [6, 6.07) is 7.38. The fourth-order valence-corrected chi connectivity index (χ4v) is 2.62. The highest BCUT2D eigenvalue weighted by molar-refractivity contribution is 5.94. The SMILES string of the molecule is CCCC(CNC(=O)c1ccc(N2CCOCC2)cc1)C(=O)O. The molecule has 2 rings (SSSR count). The molecule has 0 aliphatic carbocycles. The zero-order valence-electron chi connectivity index (χ0n) is 13.5. The number of anilines is 1. The number of carbonyl (C=O) groups excluding carboxylic acids is 1. The average molecular weight is 320 g/mol. The monoisotopic (exact) mass is 320 g/mol. The molecule has 2 N–H and O–H groups in total. The van der Waals surface area contributed by atoms with Crippen LogP contribution in [0.25, 0.3) is 0 Å². The van der Waals surface area contributed by atoms with Crippen molar-refractivity contribution in [3.05, 3.63) is 29.8 Å². The van der Waals surface area contributed by atoms with Crippen molar-refractivity contribution in [2.24, 2.45) is 5.92 Å². The Morgan fingerprint density at radius 3 is 2.48 bits per heavy atom. The van der Waals surface area contributed by atoms with Crippen LogP contribution in [0.15, 0.2) is 24.3 Å². The molecule has 6 heteroatoms. The second kappa shape index (κ2) is 8.53. The predicted octanol–water partition coefficient (Wildman–Crippen LogP) is 1.75. The summed E-state index contributed by atoms with van der Waals surface area (Å²) < 4.78 is 5.32. The fraction of sp³-hybridized carbons (Fsp3) is 0.529. The van der Waals surface area contributed by atoms with E-state index in [0.717, 1.165) is 38.4 Å². The minimum absolute atomic E-state index is 0.160. The number of rotatable bonds is 7. The normalized spacial score (nSPS) is 16.0. The predicted molar refractivity (Wildman–Crippen MR) is 87.8 cm³/mol. The molecule has 1 fully saturated rings. The minimum atomic E-state index is -0.866. The Balaban J connectivity index is 1.90. The van der Waals surface area contributed by atoms with Crippen molar-refractivity contribution in [2.45, 2.75) is 19.8 Å². The van der Waals surface area contributed by atoms with Crippen LogP contribution < -0.4 is 10.2 Å². The van der Waals surface area contributed by atoms with Crippen LogP contribution in [-0.2, 0) is 9.53 Å². The van der Waals surface area contributed by atoms with Crippen molar-refractivity contribution in [1.82, 2.24) is 5.32 Å². The van der Waals surface area contributed by atoms with Gasteiger partial charge >= 0.3 is 5.97 Å². The summed E-state index contributed by atoms with van der Waals surface area (Å²) in [5.74, 6) is -1.63. The summed E-state index contributed by atoms with van der Waals surface area (Å²) in [6.07, 6.45) is 1.34. The number of nitrogens with zero attached hydrogens (tertiary/aromatic N) is 1. The molecule has 1 heterocycles. The topological polar surface area (TPSA) is 78.9 Å². The Morgan fingerprint density at radius 1 is 1.26 bits per heavy atom. The summed E-state index contributed by atoms with van der Waals surface area (Å²) in [5, 5.41) is 11.8. The Labute approximate surface area is 136 Å². The number of hydrogen-bond donors (Lipinski definition) is 2. The molecule has 23 heavy (non-hydrogen) atoms. The van der Waals surface area contributed by atoms with Gasteiger partial charge in [0.15, 0.2) is 0 Å². The molecule has 126 valence electrons. The number of carboxylic acid groups (broad SMARTS) is 1. The maximum Gasteiger partial charge on any atom is 0.308 e. The lowest BCUT2D eigenvalue weighted by Gasteiger charge is -2.28. The number of carboxylic acids is 1. The summed E-state index contributed by atoms with van der Waals surface area (Å²) in [5.41, 5.74) is 1.61. The summed E-state index contributed by atoms with van der Waals surface area (Å²) in [7, 11) is 0. The Bertz CT molecular complexity index is 524. The van der Waals surface area contributed by atoms with E-state index in [4.69, 9.17) is 9.84 Å². The highest BCUT2D eigenvalue weighted by atomic mass is 16.5. The van der Waals surface area contributed by atoms with Crippen LogP contribution in [0.2, 0.25) is 0 Å². The number of morpholine rings is 1. The summed E-state index contributed by atoms with van der Waals surface area (Å²) in [6.45, 7) is 5.23. The van der Waals surface area contributed by atoms with E-state index in [9.17, 15) is 9.59 Å². The van der Waals surface area contributed by atoms with E-state index in [1.165, 1.54) is 0 Å². The summed E-state index contributed by atoms with van der Waals surface area (Å²) >= 11 is 0. The first-order chi connectivity index (χ1) is 11.1. The van der Waals surface area contributed by atoms with Crippen LogP contribution in [0.4, 0.5) is 5.69 Å². The molecule has 0 radical (unpaired) electrons. The van der Waals surface area contributed by atoms with Crippen LogP contribution in [0.3, 0.4) is 0 Å². The number of aliphatic carboxylic acids is 1. The molecule has 1 atom stereocenters. The van der Waals surface area contributed by atoms with Gasteiger partial charge in [0.2, 0.25) is 0 Å². The van der Waals surface area contributed by atoms with E-state index in [1.807, 2.05) is 19.1 Å². The molecule has 1 aromatic carbocycles. The maximum absolute atomic E-state index is 12.1. The van der Waals surface area contributed by atoms with Crippen LogP contribution in [0.1, 0.15) is 30.1 Å². The molecule has 6 nitrogen and oxygen atoms in total. The van der Waals surface area contributed by atoms with Crippen molar-refractivity contribution in [2.75, 3.05) is 37.7 Å². The molecule has 1 amide bonds. The van der Waals surface area contributed by atoms with Crippen LogP contribution in [-0.4, -0.2) is 49.8 Å². The lowest BCUT2D eigenvalue weighted by Crippen LogP contribution is -2.36. The lowest BCUT2D eigenvalue weighted by molar-refractivity contribution is -0.141. The molecular weight excluding hydrogens is 296 g/mol. The Morgan fingerprint density at radius 2 is 1.91 bits per heavy atom. The Kier molecular flexibility index (Phi) is 6.40. The van der Waals surface area contributed by atoms with Crippen molar-refractivity contribution in [1.29, 1.82) is 0 Å². The van der Waals surface area contributed by atoms with Gasteiger partial charge in [0.05, 0.1) is 19.1 Å². The average Bonchev–Trinajstić information content (AvgIpc) is 2.59. The third kappa shape index (κ3) is 4.96. The number of carbonyl (C=O) groups is 2. The third-order valence-corrected chi connectivity index (χ3v) is 4.00. The van der Waals surface area contributed by atoms with Crippen molar-refractivity contribution in [3.8, 4) is 0 Å². The molecule has 1 aliphatic rings. The smallest absolute Gasteiger partial charge is 0.308 e.